The first-order valence-electron chi connectivity index (χ1n) is 37.4. The molecule has 2 heterocycles. The molecule has 17 nitrogen and oxygen atoms in total. The summed E-state index contributed by atoms with van der Waals surface area (Å²) in [7, 11) is -5.09. The number of aliphatic hydroxyl groups is 2. The zero-order chi connectivity index (χ0) is 79.9. The fraction of sp³-hybridized carbons (Fsp3) is 0.529. The second kappa shape index (κ2) is 44.5. The number of rotatable bonds is 27. The second-order valence-corrected chi connectivity index (χ2v) is 46.7. The third-order valence-electron chi connectivity index (χ3n) is 18.8. The van der Waals surface area contributed by atoms with Crippen LogP contribution in [0.2, 0.25) is 48.9 Å². The van der Waals surface area contributed by atoms with E-state index >= 15 is 0 Å². The molecular formula is C85H123Cl2N3O14Si3. The molecule has 0 aromatic heterocycles. The number of aromatic hydroxyl groups is 1. The van der Waals surface area contributed by atoms with Crippen molar-refractivity contribution in [3.05, 3.63) is 155 Å². The second-order valence-electron chi connectivity index (χ2n) is 31.0. The summed E-state index contributed by atoms with van der Waals surface area (Å²) < 4.78 is 51.3. The van der Waals surface area contributed by atoms with E-state index in [1.165, 1.54) is 34.7 Å². The zero-order valence-corrected chi connectivity index (χ0v) is 71.9. The van der Waals surface area contributed by atoms with Crippen LogP contribution in [0.5, 0.6) is 11.5 Å². The largest absolute Gasteiger partial charge is 0.507 e. The molecule has 9 atom stereocenters. The Bertz CT molecular complexity index is 3690. The molecule has 6 rings (SSSR count). The number of ether oxygens (including phenoxy) is 6. The van der Waals surface area contributed by atoms with E-state index in [1.54, 1.807) is 52.3 Å². The highest BCUT2D eigenvalue weighted by Gasteiger charge is 2.52. The highest BCUT2D eigenvalue weighted by molar-refractivity contribution is 6.99. The first-order chi connectivity index (χ1) is 50.3. The van der Waals surface area contributed by atoms with Gasteiger partial charge < -0.3 is 63.2 Å². The van der Waals surface area contributed by atoms with Gasteiger partial charge in [-0.2, -0.15) is 0 Å². The van der Waals surface area contributed by atoms with Gasteiger partial charge in [-0.15, -0.1) is 0 Å². The summed E-state index contributed by atoms with van der Waals surface area (Å²) in [4.78, 5) is 42.1. The van der Waals surface area contributed by atoms with Crippen molar-refractivity contribution in [2.45, 2.75) is 232 Å². The summed E-state index contributed by atoms with van der Waals surface area (Å²) in [5.74, 6) is 9.87. The predicted octanol–water partition coefficient (Wildman–Crippen LogP) is 16.0. The van der Waals surface area contributed by atoms with Crippen LogP contribution in [0.15, 0.2) is 126 Å². The van der Waals surface area contributed by atoms with Gasteiger partial charge >= 0.3 is 11.9 Å². The third-order valence-corrected chi connectivity index (χ3v) is 30.3. The van der Waals surface area contributed by atoms with E-state index in [2.05, 4.69) is 213 Å². The first-order valence-corrected chi connectivity index (χ1v) is 46.8. The predicted molar refractivity (Wildman–Crippen MR) is 445 cm³/mol. The van der Waals surface area contributed by atoms with Crippen molar-refractivity contribution in [1.82, 2.24) is 10.6 Å². The Kier molecular flexibility index (Phi) is 38.7. The zero-order valence-electron chi connectivity index (χ0n) is 67.4. The lowest BCUT2D eigenvalue weighted by Crippen LogP contribution is -2.67. The molecule has 5 N–H and O–H groups in total. The normalized spacial score (nSPS) is 20.2. The molecule has 22 heteroatoms. The van der Waals surface area contributed by atoms with Crippen LogP contribution in [-0.2, 0) is 37.3 Å². The van der Waals surface area contributed by atoms with Gasteiger partial charge in [-0.3, -0.25) is 9.79 Å². The van der Waals surface area contributed by atoms with E-state index in [0.717, 1.165) is 32.2 Å². The average molecular weight is 1570 g/mol. The summed E-state index contributed by atoms with van der Waals surface area (Å²) in [6.45, 7) is 46.2. The van der Waals surface area contributed by atoms with E-state index in [-0.39, 0.29) is 58.6 Å². The van der Waals surface area contributed by atoms with Crippen LogP contribution in [0, 0.1) is 35.5 Å². The SMILES string of the molecule is CC=NC(Cl)Cl.CCNCCC#Cc1ccc(O)c2c1/C=C/C[C@H](O)[C@H](O)C(=O)/C=C\[C@@H](C)[C@H](C)OC2=O.CCNCCC#Cc1ccc(OCOC)c(C(=O)OCC[Si](C)(C)C)c1/C=C/C[C@@H]1OC(C)(C)O[C@@H]1C(/C=C\[C@@H](C)[C@H](C)O[Si](c1ccccc1)(c1ccccc1)C(C)(C)C)O[Si](C)(C)C(C)(C)C. The lowest BCUT2D eigenvalue weighted by molar-refractivity contribution is -0.151. The Morgan fingerprint density at radius 1 is 0.804 bits per heavy atom. The fourth-order valence-corrected chi connectivity index (χ4v) is 18.4. The van der Waals surface area contributed by atoms with E-state index in [1.807, 2.05) is 32.9 Å². The lowest BCUT2D eigenvalue weighted by atomic mass is 9.97. The molecule has 1 unspecified atom stereocenters. The molecular weight excluding hydrogens is 1440 g/mol. The van der Waals surface area contributed by atoms with Gasteiger partial charge in [0.2, 0.25) is 0 Å². The molecule has 0 bridgehead atoms. The number of methoxy groups -OCH3 is 1. The van der Waals surface area contributed by atoms with Crippen LogP contribution in [0.4, 0.5) is 0 Å². The van der Waals surface area contributed by atoms with Gasteiger partial charge in [0, 0.05) is 75.4 Å². The van der Waals surface area contributed by atoms with Gasteiger partial charge in [-0.05, 0) is 143 Å². The number of nitrogens with zero attached hydrogens (tertiary/aromatic N) is 1. The summed E-state index contributed by atoms with van der Waals surface area (Å²) >= 11 is 10.3. The van der Waals surface area contributed by atoms with Gasteiger partial charge in [-0.1, -0.05) is 239 Å². The molecule has 2 aliphatic heterocycles. The number of fused-ring (bicyclic) bond motifs is 1. The Labute approximate surface area is 653 Å². The van der Waals surface area contributed by atoms with Crippen molar-refractivity contribution in [3.8, 4) is 35.2 Å². The molecule has 107 heavy (non-hydrogen) atoms. The highest BCUT2D eigenvalue weighted by Crippen LogP contribution is 2.43. The molecule has 4 aromatic carbocycles. The summed E-state index contributed by atoms with van der Waals surface area (Å²) in [6, 6.07) is 29.1. The maximum atomic E-state index is 14.1. The maximum absolute atomic E-state index is 14.1. The molecule has 0 spiro atoms. The topological polar surface area (TPSA) is 222 Å². The maximum Gasteiger partial charge on any atom is 0.342 e. The Morgan fingerprint density at radius 2 is 1.39 bits per heavy atom. The number of ketones is 1. The Balaban J connectivity index is 0.000000525. The number of phenolic OH excluding ortho intramolecular Hbond substituents is 1. The molecule has 4 aromatic rings. The number of aliphatic imine (C=N–C) groups is 1. The van der Waals surface area contributed by atoms with Crippen molar-refractivity contribution >= 4 is 94.4 Å². The quantitative estimate of drug-likeness (QED) is 0.00431. The molecule has 588 valence electrons. The number of halogens is 2. The van der Waals surface area contributed by atoms with Gasteiger partial charge in [0.1, 0.15) is 40.9 Å². The van der Waals surface area contributed by atoms with Crippen LogP contribution in [0.3, 0.4) is 0 Å². The van der Waals surface area contributed by atoms with Gasteiger partial charge in [0.05, 0.1) is 24.9 Å². The highest BCUT2D eigenvalue weighted by atomic mass is 35.5. The molecule has 0 aliphatic carbocycles. The van der Waals surface area contributed by atoms with E-state index in [9.17, 15) is 29.7 Å². The molecule has 1 saturated heterocycles. The van der Waals surface area contributed by atoms with Crippen LogP contribution in [-0.4, -0.2) is 164 Å². The van der Waals surface area contributed by atoms with Crippen molar-refractivity contribution in [3.63, 3.8) is 0 Å². The molecule has 0 amide bonds. The molecule has 1 fully saturated rings. The molecule has 0 radical (unpaired) electrons. The minimum absolute atomic E-state index is 0.0223. The smallest absolute Gasteiger partial charge is 0.342 e. The number of cyclic esters (lactones) is 1. The number of aliphatic hydroxyl groups excluding tert-OH is 2. The fourth-order valence-electron chi connectivity index (χ4n) is 11.4. The van der Waals surface area contributed by atoms with Gasteiger partial charge in [0.25, 0.3) is 8.32 Å². The number of alkyl halides is 2. The van der Waals surface area contributed by atoms with Crippen molar-refractivity contribution < 1.29 is 67.0 Å². The Hall–Kier alpha value is -6.29. The lowest BCUT2D eigenvalue weighted by Gasteiger charge is -2.45. The van der Waals surface area contributed by atoms with Crippen LogP contribution >= 0.6 is 23.2 Å². The molecule has 0 saturated carbocycles. The average Bonchev–Trinajstić information content (AvgIpc) is 1.25. The van der Waals surface area contributed by atoms with Crippen LogP contribution < -0.4 is 25.7 Å². The summed E-state index contributed by atoms with van der Waals surface area (Å²) in [5.41, 5.74) is 2.50. The first kappa shape index (κ1) is 93.1. The molecule has 2 aliphatic rings. The number of carbonyl (C=O) groups excluding carboxylic acids is 3. The number of hydrogen-bond acceptors (Lipinski definition) is 17. The van der Waals surface area contributed by atoms with Gasteiger partial charge in [-0.25, -0.2) is 9.59 Å². The minimum atomic E-state index is -2.81. The summed E-state index contributed by atoms with van der Waals surface area (Å²) in [6.07, 6.45) is 12.6. The van der Waals surface area contributed by atoms with Crippen LogP contribution in [0.1, 0.15) is 173 Å². The summed E-state index contributed by atoms with van der Waals surface area (Å²) in [5, 5.41) is 39.5. The Morgan fingerprint density at radius 3 is 1.93 bits per heavy atom. The monoisotopic (exact) mass is 1560 g/mol. The number of nitrogens with one attached hydrogen (secondary N) is 2. The third kappa shape index (κ3) is 29.5. The number of phenols is 1. The standard InChI is InChI=1S/C57H87NO8Si3.C25H31NO6.C3H5Cl2N/c1-18-58-39-26-25-28-45-36-38-49(62-42-60-12)52(54(59)61-40-41-67(13,14)15)48(45)33-27-34-50-53(64-57(10,11)63-50)51(66-68(16,17)55(4,5)6)37-35-43(2)44(3)65-69(56(7,8)9,46-29-21-19-22-30-46)47-31-23-20-24-32-47;1-4-26-15-6-5-8-18-12-14-20(27)23-19(18)9-7-10-21(28)24(30)22(29)13-11-16(2)17(3)32-25(23)31;1-2-6-3(4)5/h19-24,27,29-33,35-38,43-44,50-51,53,58H,18,26,34,39-42H2,1-17H3;7,9,11-14,16-17,21,24,26-28,30H,4,6,10,15H2,1-3H3;2-3H,1H3/b33-27+,37-35-;9-7+,13-11-;/t43-,44+,50+,51?,53+;16-,17+,21+,24+;/m11./s1. The van der Waals surface area contributed by atoms with Crippen molar-refractivity contribution in [2.24, 2.45) is 16.8 Å². The number of hydrogen-bond donors (Lipinski definition) is 5. The van der Waals surface area contributed by atoms with E-state index in [0.29, 0.717) is 59.4 Å². The minimum Gasteiger partial charge on any atom is -0.507 e. The number of esters is 2. The van der Waals surface area contributed by atoms with E-state index in [4.69, 9.17) is 60.5 Å². The number of benzene rings is 4. The number of carbonyl (C=O) groups is 3. The van der Waals surface area contributed by atoms with E-state index < -0.39 is 83.7 Å². The van der Waals surface area contributed by atoms with Crippen LogP contribution in [0.25, 0.3) is 12.2 Å². The van der Waals surface area contributed by atoms with Gasteiger partial charge in [0.15, 0.2) is 31.6 Å². The van der Waals surface area contributed by atoms with Crippen molar-refractivity contribution in [1.29, 1.82) is 0 Å². The van der Waals surface area contributed by atoms with Crippen molar-refractivity contribution in [2.75, 3.05) is 46.7 Å².